The van der Waals surface area contributed by atoms with E-state index in [1.54, 1.807) is 12.1 Å². The number of halogens is 1. The Hall–Kier alpha value is -1.60. The fraction of sp³-hybridized carbons (Fsp3) is 0.125. The minimum atomic E-state index is -0.240. The minimum Gasteiger partial charge on any atom is -0.391 e. The van der Waals surface area contributed by atoms with E-state index >= 15 is 0 Å². The van der Waals surface area contributed by atoms with Gasteiger partial charge in [-0.2, -0.15) is 0 Å². The van der Waals surface area contributed by atoms with Crippen molar-refractivity contribution in [2.45, 2.75) is 18.0 Å². The molecule has 0 bridgehead atoms. The number of thiol groups is 1. The lowest BCUT2D eigenvalue weighted by molar-refractivity contribution is 0.0948. The molecule has 7 heteroatoms. The molecule has 1 aromatic carbocycles. The van der Waals surface area contributed by atoms with E-state index in [2.05, 4.69) is 22.9 Å². The zero-order valence-corrected chi connectivity index (χ0v) is 14.4. The van der Waals surface area contributed by atoms with Crippen LogP contribution < -0.4 is 5.32 Å². The van der Waals surface area contributed by atoms with Gasteiger partial charge in [-0.25, -0.2) is 4.98 Å². The van der Waals surface area contributed by atoms with Gasteiger partial charge >= 0.3 is 0 Å². The first-order chi connectivity index (χ1) is 11.1. The lowest BCUT2D eigenvalue weighted by Gasteiger charge is -2.08. The Morgan fingerprint density at radius 2 is 2.09 bits per heavy atom. The molecule has 0 aliphatic carbocycles. The summed E-state index contributed by atoms with van der Waals surface area (Å²) in [6.07, 6.45) is 1.51. The van der Waals surface area contributed by atoms with Crippen LogP contribution in [0, 0.1) is 0 Å². The van der Waals surface area contributed by atoms with E-state index in [0.717, 1.165) is 20.7 Å². The second-order valence-electron chi connectivity index (χ2n) is 4.92. The van der Waals surface area contributed by atoms with Crippen molar-refractivity contribution in [3.63, 3.8) is 0 Å². The van der Waals surface area contributed by atoms with Gasteiger partial charge in [0, 0.05) is 32.9 Å². The van der Waals surface area contributed by atoms with Gasteiger partial charge in [0.2, 0.25) is 0 Å². The van der Waals surface area contributed by atoms with Crippen LogP contribution in [0.25, 0.3) is 10.2 Å². The van der Waals surface area contributed by atoms with E-state index in [4.69, 9.17) is 11.6 Å². The van der Waals surface area contributed by atoms with Crippen molar-refractivity contribution >= 4 is 51.7 Å². The van der Waals surface area contributed by atoms with Crippen LogP contribution in [0.3, 0.4) is 0 Å². The smallest absolute Gasteiger partial charge is 0.254 e. The fourth-order valence-corrected chi connectivity index (χ4v) is 3.55. The monoisotopic (exact) mass is 364 g/mol. The van der Waals surface area contributed by atoms with E-state index in [9.17, 15) is 9.90 Å². The molecule has 0 spiro atoms. The first-order valence-corrected chi connectivity index (χ1v) is 8.46. The van der Waals surface area contributed by atoms with Crippen molar-refractivity contribution in [2.24, 2.45) is 0 Å². The maximum absolute atomic E-state index is 12.4. The van der Waals surface area contributed by atoms with Gasteiger partial charge in [0.15, 0.2) is 0 Å². The minimum absolute atomic E-state index is 0.0493. The third kappa shape index (κ3) is 3.50. The van der Waals surface area contributed by atoms with E-state index in [1.165, 1.54) is 17.5 Å². The summed E-state index contributed by atoms with van der Waals surface area (Å²) in [5.41, 5.74) is 1.37. The number of benzene rings is 1. The van der Waals surface area contributed by atoms with Crippen LogP contribution in [0.5, 0.6) is 0 Å². The molecule has 2 aromatic heterocycles. The highest BCUT2D eigenvalue weighted by molar-refractivity contribution is 7.80. The van der Waals surface area contributed by atoms with Gasteiger partial charge in [-0.1, -0.05) is 23.7 Å². The molecule has 0 aliphatic rings. The SMILES string of the molecule is O=C(NCc1ccc(Cl)cc1)c1cnc2sc(CO)cc2c1S. The van der Waals surface area contributed by atoms with E-state index < -0.39 is 0 Å². The molecule has 2 heterocycles. The van der Waals surface area contributed by atoms with Gasteiger partial charge in [-0.3, -0.25) is 4.79 Å². The lowest BCUT2D eigenvalue weighted by atomic mass is 10.2. The van der Waals surface area contributed by atoms with E-state index in [1.807, 2.05) is 18.2 Å². The van der Waals surface area contributed by atoms with Crippen molar-refractivity contribution in [3.05, 3.63) is 57.6 Å². The molecule has 3 aromatic rings. The summed E-state index contributed by atoms with van der Waals surface area (Å²) in [7, 11) is 0. The molecule has 1 amide bonds. The summed E-state index contributed by atoms with van der Waals surface area (Å²) in [6, 6.07) is 9.09. The summed E-state index contributed by atoms with van der Waals surface area (Å²) in [6.45, 7) is 0.346. The van der Waals surface area contributed by atoms with Gasteiger partial charge in [0.1, 0.15) is 4.83 Å². The predicted molar refractivity (Wildman–Crippen MR) is 95.4 cm³/mol. The number of thiophene rings is 1. The Morgan fingerprint density at radius 3 is 2.78 bits per heavy atom. The highest BCUT2D eigenvalue weighted by Gasteiger charge is 2.15. The van der Waals surface area contributed by atoms with E-state index in [0.29, 0.717) is 22.0 Å². The zero-order chi connectivity index (χ0) is 16.4. The maximum Gasteiger partial charge on any atom is 0.254 e. The van der Waals surface area contributed by atoms with Crippen LogP contribution >= 0.6 is 35.6 Å². The molecule has 0 saturated heterocycles. The number of hydrogen-bond donors (Lipinski definition) is 3. The number of carbonyl (C=O) groups excluding carboxylic acids is 1. The number of carbonyl (C=O) groups is 1. The molecule has 0 aliphatic heterocycles. The summed E-state index contributed by atoms with van der Waals surface area (Å²) < 4.78 is 0. The van der Waals surface area contributed by atoms with Crippen LogP contribution in [-0.2, 0) is 13.2 Å². The van der Waals surface area contributed by atoms with E-state index in [-0.39, 0.29) is 12.5 Å². The Labute approximate surface area is 147 Å². The molecule has 4 nitrogen and oxygen atoms in total. The number of nitrogens with zero attached hydrogens (tertiary/aromatic N) is 1. The third-order valence-electron chi connectivity index (χ3n) is 3.35. The van der Waals surface area contributed by atoms with Gasteiger partial charge < -0.3 is 10.4 Å². The van der Waals surface area contributed by atoms with Gasteiger partial charge in [0.25, 0.3) is 5.91 Å². The lowest BCUT2D eigenvalue weighted by Crippen LogP contribution is -2.23. The Balaban J connectivity index is 1.80. The molecule has 0 fully saturated rings. The normalized spacial score (nSPS) is 10.9. The zero-order valence-electron chi connectivity index (χ0n) is 11.9. The van der Waals surface area contributed by atoms with Crippen LogP contribution in [0.2, 0.25) is 5.02 Å². The average Bonchev–Trinajstić information content (AvgIpc) is 2.99. The second-order valence-corrected chi connectivity index (χ2v) is 6.92. The summed E-state index contributed by atoms with van der Waals surface area (Å²) in [5.74, 6) is -0.240. The quantitative estimate of drug-likeness (QED) is 0.619. The van der Waals surface area contributed by atoms with Crippen molar-refractivity contribution in [1.29, 1.82) is 0 Å². The highest BCUT2D eigenvalue weighted by atomic mass is 35.5. The van der Waals surface area contributed by atoms with Crippen LogP contribution in [0.15, 0.2) is 41.4 Å². The Morgan fingerprint density at radius 1 is 1.35 bits per heavy atom. The average molecular weight is 365 g/mol. The molecule has 118 valence electrons. The number of amides is 1. The highest BCUT2D eigenvalue weighted by Crippen LogP contribution is 2.30. The number of aromatic nitrogens is 1. The van der Waals surface area contributed by atoms with Gasteiger partial charge in [0.05, 0.1) is 12.2 Å². The molecule has 23 heavy (non-hydrogen) atoms. The Bertz CT molecular complexity index is 862. The second kappa shape index (κ2) is 6.88. The number of aliphatic hydroxyl groups is 1. The molecular formula is C16H13ClN2O2S2. The number of aliphatic hydroxyl groups excluding tert-OH is 1. The molecule has 2 N–H and O–H groups in total. The fourth-order valence-electron chi connectivity index (χ4n) is 2.15. The number of nitrogens with one attached hydrogen (secondary N) is 1. The largest absolute Gasteiger partial charge is 0.391 e. The summed E-state index contributed by atoms with van der Waals surface area (Å²) in [5, 5.41) is 13.5. The van der Waals surface area contributed by atoms with Crippen molar-refractivity contribution in [1.82, 2.24) is 10.3 Å². The predicted octanol–water partition coefficient (Wildman–Crippen LogP) is 3.66. The summed E-state index contributed by atoms with van der Waals surface area (Å²) >= 11 is 11.7. The first-order valence-electron chi connectivity index (χ1n) is 6.82. The molecule has 0 radical (unpaired) electrons. The third-order valence-corrected chi connectivity index (χ3v) is 5.11. The summed E-state index contributed by atoms with van der Waals surface area (Å²) in [4.78, 5) is 18.8. The molecule has 3 rings (SSSR count). The number of pyridine rings is 1. The first kappa shape index (κ1) is 16.3. The van der Waals surface area contributed by atoms with Gasteiger partial charge in [-0.05, 0) is 23.8 Å². The Kier molecular flexibility index (Phi) is 4.87. The standard InChI is InChI=1S/C16H13ClN2O2S2/c17-10-3-1-9(2-4-10)6-18-15(21)13-7-19-16-12(14(13)22)5-11(8-20)23-16/h1-5,7,20H,6,8H2,(H,18,21)(H,19,22). The number of hydrogen-bond acceptors (Lipinski definition) is 5. The van der Waals surface area contributed by atoms with Gasteiger partial charge in [-0.15, -0.1) is 24.0 Å². The molecule has 0 unspecified atom stereocenters. The molecule has 0 atom stereocenters. The van der Waals surface area contributed by atoms with Crippen LogP contribution in [-0.4, -0.2) is 16.0 Å². The number of rotatable bonds is 4. The topological polar surface area (TPSA) is 62.2 Å². The molecule has 0 saturated carbocycles. The van der Waals surface area contributed by atoms with Crippen molar-refractivity contribution in [2.75, 3.05) is 0 Å². The van der Waals surface area contributed by atoms with Crippen LogP contribution in [0.4, 0.5) is 0 Å². The van der Waals surface area contributed by atoms with Crippen molar-refractivity contribution in [3.8, 4) is 0 Å². The molecular weight excluding hydrogens is 352 g/mol. The maximum atomic E-state index is 12.4. The number of fused-ring (bicyclic) bond motifs is 1. The van der Waals surface area contributed by atoms with Crippen molar-refractivity contribution < 1.29 is 9.90 Å². The van der Waals surface area contributed by atoms with Crippen LogP contribution in [0.1, 0.15) is 20.8 Å².